The second-order valence-corrected chi connectivity index (χ2v) is 9.19. The molecule has 0 spiro atoms. The number of fused-ring (bicyclic) bond motifs is 1. The maximum Gasteiger partial charge on any atom is 0.406 e. The van der Waals surface area contributed by atoms with Crippen molar-refractivity contribution >= 4 is 34.0 Å². The number of piperidine rings is 1. The minimum absolute atomic E-state index is 0.139. The minimum Gasteiger partial charge on any atom is -0.382 e. The van der Waals surface area contributed by atoms with Gasteiger partial charge in [-0.25, -0.2) is 4.79 Å². The van der Waals surface area contributed by atoms with E-state index in [2.05, 4.69) is 38.1 Å². The minimum atomic E-state index is -4.40. The maximum absolute atomic E-state index is 13.5. The Morgan fingerprint density at radius 1 is 1.24 bits per heavy atom. The Kier molecular flexibility index (Phi) is 6.75. The lowest BCUT2D eigenvalue weighted by atomic mass is 10.0. The van der Waals surface area contributed by atoms with E-state index in [1.165, 1.54) is 11.6 Å². The lowest BCUT2D eigenvalue weighted by molar-refractivity contribution is -0.139. The van der Waals surface area contributed by atoms with Crippen molar-refractivity contribution in [2.45, 2.75) is 38.1 Å². The third kappa shape index (κ3) is 5.56. The predicted octanol–water partition coefficient (Wildman–Crippen LogP) is 3.66. The van der Waals surface area contributed by atoms with Gasteiger partial charge in [0.25, 0.3) is 0 Å². The van der Waals surface area contributed by atoms with Crippen LogP contribution in [0.2, 0.25) is 0 Å². The highest BCUT2D eigenvalue weighted by atomic mass is 32.1. The number of amides is 2. The fourth-order valence-electron chi connectivity index (χ4n) is 3.98. The number of anilines is 1. The van der Waals surface area contributed by atoms with E-state index in [0.29, 0.717) is 21.2 Å². The normalized spacial score (nSPS) is 15.7. The molecule has 1 aliphatic heterocycles. The topological polar surface area (TPSA) is 87.1 Å². The largest absolute Gasteiger partial charge is 0.406 e. The van der Waals surface area contributed by atoms with Gasteiger partial charge in [-0.3, -0.25) is 0 Å². The molecule has 3 aromatic rings. The summed E-state index contributed by atoms with van der Waals surface area (Å²) in [5, 5.41) is 18.3. The van der Waals surface area contributed by atoms with Gasteiger partial charge in [0.05, 0.1) is 17.8 Å². The summed E-state index contributed by atoms with van der Waals surface area (Å²) in [7, 11) is 3.58. The van der Waals surface area contributed by atoms with Gasteiger partial charge in [0.2, 0.25) is 0 Å². The number of carbonyl (C=O) groups is 1. The molecule has 3 heterocycles. The van der Waals surface area contributed by atoms with Crippen molar-refractivity contribution in [2.24, 2.45) is 0 Å². The van der Waals surface area contributed by atoms with Crippen molar-refractivity contribution in [3.63, 3.8) is 0 Å². The highest BCUT2D eigenvalue weighted by Gasteiger charge is 2.31. The summed E-state index contributed by atoms with van der Waals surface area (Å²) in [5.41, 5.74) is 1.65. The van der Waals surface area contributed by atoms with Gasteiger partial charge in [-0.1, -0.05) is 17.4 Å². The highest BCUT2D eigenvalue weighted by Crippen LogP contribution is 2.36. The van der Waals surface area contributed by atoms with Crippen LogP contribution in [-0.2, 0) is 13.1 Å². The van der Waals surface area contributed by atoms with E-state index in [-0.39, 0.29) is 18.6 Å². The summed E-state index contributed by atoms with van der Waals surface area (Å²) in [6.07, 6.45) is -2.45. The number of nitrogens with zero attached hydrogens (tertiary/aromatic N) is 4. The van der Waals surface area contributed by atoms with E-state index >= 15 is 0 Å². The van der Waals surface area contributed by atoms with Crippen LogP contribution in [0.3, 0.4) is 0 Å². The number of halogens is 3. The molecule has 0 radical (unpaired) electrons. The number of hydrogen-bond donors (Lipinski definition) is 3. The molecule has 0 saturated carbocycles. The van der Waals surface area contributed by atoms with Crippen LogP contribution in [0.15, 0.2) is 24.3 Å². The van der Waals surface area contributed by atoms with Crippen molar-refractivity contribution in [2.75, 3.05) is 32.5 Å². The summed E-state index contributed by atoms with van der Waals surface area (Å²) in [6, 6.07) is 7.01. The molecule has 1 aromatic carbocycles. The molecule has 3 N–H and O–H groups in total. The van der Waals surface area contributed by atoms with Crippen LogP contribution >= 0.6 is 11.3 Å². The van der Waals surface area contributed by atoms with Gasteiger partial charge >= 0.3 is 12.2 Å². The van der Waals surface area contributed by atoms with E-state index in [1.54, 1.807) is 18.2 Å². The summed E-state index contributed by atoms with van der Waals surface area (Å²) >= 11 is 1.16. The lowest BCUT2D eigenvalue weighted by Gasteiger charge is -2.30. The third-order valence-corrected chi connectivity index (χ3v) is 6.62. The predicted molar refractivity (Wildman–Crippen MR) is 122 cm³/mol. The van der Waals surface area contributed by atoms with Gasteiger partial charge < -0.3 is 25.4 Å². The molecule has 2 aromatic heterocycles. The molecule has 1 saturated heterocycles. The lowest BCUT2D eigenvalue weighted by Crippen LogP contribution is -2.36. The van der Waals surface area contributed by atoms with Gasteiger partial charge in [0.15, 0.2) is 5.01 Å². The molecular formula is C21H26F3N7OS. The fraction of sp³-hybridized carbons (Fsp3) is 0.476. The van der Waals surface area contributed by atoms with Crippen molar-refractivity contribution in [3.05, 3.63) is 29.3 Å². The molecule has 1 aliphatic rings. The number of nitrogens with one attached hydrogen (secondary N) is 3. The monoisotopic (exact) mass is 481 g/mol. The number of aromatic nitrogens is 3. The first-order chi connectivity index (χ1) is 15.7. The van der Waals surface area contributed by atoms with Crippen molar-refractivity contribution in [1.82, 2.24) is 30.3 Å². The van der Waals surface area contributed by atoms with Crippen LogP contribution in [-0.4, -0.2) is 65.1 Å². The van der Waals surface area contributed by atoms with Crippen molar-refractivity contribution in [1.29, 1.82) is 0 Å². The smallest absolute Gasteiger partial charge is 0.382 e. The number of carbonyl (C=O) groups excluding carboxylic acids is 1. The average Bonchev–Trinajstić information content (AvgIpc) is 3.38. The Balaban J connectivity index is 1.69. The van der Waals surface area contributed by atoms with Gasteiger partial charge in [0, 0.05) is 24.2 Å². The summed E-state index contributed by atoms with van der Waals surface area (Å²) in [4.78, 5) is 13.7. The second-order valence-electron chi connectivity index (χ2n) is 8.12. The van der Waals surface area contributed by atoms with Crippen LogP contribution in [0.4, 0.5) is 23.7 Å². The van der Waals surface area contributed by atoms with Crippen LogP contribution in [0, 0.1) is 0 Å². The molecule has 0 atom stereocenters. The first-order valence-corrected chi connectivity index (χ1v) is 11.5. The molecule has 0 unspecified atom stereocenters. The van der Waals surface area contributed by atoms with Gasteiger partial charge in [0.1, 0.15) is 11.6 Å². The van der Waals surface area contributed by atoms with E-state index in [1.807, 2.05) is 6.07 Å². The second kappa shape index (κ2) is 9.56. The SMILES string of the molecule is CNC(=O)NCc1nnc(-c2cc3c(NC4CCN(C)CC4)cccc3n2CC(F)(F)F)s1. The number of benzene rings is 1. The van der Waals surface area contributed by atoms with Crippen LogP contribution in [0.25, 0.3) is 21.6 Å². The van der Waals surface area contributed by atoms with Gasteiger partial charge in [-0.2, -0.15) is 13.2 Å². The summed E-state index contributed by atoms with van der Waals surface area (Å²) in [6.45, 7) is 0.964. The van der Waals surface area contributed by atoms with Crippen LogP contribution < -0.4 is 16.0 Å². The first-order valence-electron chi connectivity index (χ1n) is 10.7. The zero-order valence-electron chi connectivity index (χ0n) is 18.4. The summed E-state index contributed by atoms with van der Waals surface area (Å²) in [5.74, 6) is 0. The molecule has 2 amide bonds. The Labute approximate surface area is 193 Å². The number of urea groups is 1. The Morgan fingerprint density at radius 3 is 2.70 bits per heavy atom. The molecule has 1 fully saturated rings. The van der Waals surface area contributed by atoms with Gasteiger partial charge in [-0.15, -0.1) is 10.2 Å². The Bertz CT molecular complexity index is 1120. The van der Waals surface area contributed by atoms with E-state index in [0.717, 1.165) is 48.3 Å². The number of alkyl halides is 3. The molecule has 178 valence electrons. The zero-order valence-corrected chi connectivity index (χ0v) is 19.2. The molecule has 33 heavy (non-hydrogen) atoms. The summed E-state index contributed by atoms with van der Waals surface area (Å²) < 4.78 is 41.7. The number of rotatable bonds is 6. The first kappa shape index (κ1) is 23.3. The quantitative estimate of drug-likeness (QED) is 0.500. The molecule has 8 nitrogen and oxygen atoms in total. The molecular weight excluding hydrogens is 455 g/mol. The molecule has 12 heteroatoms. The van der Waals surface area contributed by atoms with E-state index in [4.69, 9.17) is 0 Å². The Hall–Kier alpha value is -2.86. The van der Waals surface area contributed by atoms with Crippen LogP contribution in [0.5, 0.6) is 0 Å². The number of likely N-dealkylation sites (tertiary alicyclic amines) is 1. The number of hydrogen-bond acceptors (Lipinski definition) is 6. The maximum atomic E-state index is 13.5. The third-order valence-electron chi connectivity index (χ3n) is 5.67. The van der Waals surface area contributed by atoms with Crippen LogP contribution in [0.1, 0.15) is 17.8 Å². The Morgan fingerprint density at radius 2 is 2.00 bits per heavy atom. The van der Waals surface area contributed by atoms with E-state index in [9.17, 15) is 18.0 Å². The zero-order chi connectivity index (χ0) is 23.6. The van der Waals surface area contributed by atoms with Crippen molar-refractivity contribution in [3.8, 4) is 10.7 Å². The molecule has 0 aliphatic carbocycles. The highest BCUT2D eigenvalue weighted by molar-refractivity contribution is 7.14. The van der Waals surface area contributed by atoms with Gasteiger partial charge in [-0.05, 0) is 51.2 Å². The standard InChI is InChI=1S/C21H26F3N7OS/c1-25-20(32)26-11-18-28-29-19(33-18)17-10-14-15(27-13-6-8-30(2)9-7-13)4-3-5-16(14)31(17)12-21(22,23)24/h3-5,10,13,27H,6-9,11-12H2,1-2H3,(H2,25,26,32). The molecule has 0 bridgehead atoms. The molecule has 4 rings (SSSR count). The fourth-order valence-corrected chi connectivity index (χ4v) is 4.79. The van der Waals surface area contributed by atoms with E-state index < -0.39 is 12.7 Å². The van der Waals surface area contributed by atoms with Crippen molar-refractivity contribution < 1.29 is 18.0 Å². The average molecular weight is 482 g/mol.